The van der Waals surface area contributed by atoms with Crippen molar-refractivity contribution in [2.45, 2.75) is 70.8 Å². The Bertz CT molecular complexity index is 525. The van der Waals surface area contributed by atoms with E-state index in [1.165, 1.54) is 50.5 Å². The highest BCUT2D eigenvalue weighted by Gasteiger charge is 2.54. The van der Waals surface area contributed by atoms with E-state index in [2.05, 4.69) is 6.92 Å². The van der Waals surface area contributed by atoms with Gasteiger partial charge in [-0.1, -0.05) is 12.5 Å². The number of methoxy groups -OCH3 is 1. The molecule has 0 heterocycles. The summed E-state index contributed by atoms with van der Waals surface area (Å²) in [6.07, 6.45) is 13.2. The van der Waals surface area contributed by atoms with Crippen LogP contribution in [0.3, 0.4) is 0 Å². The normalized spacial score (nSPS) is 45.0. The van der Waals surface area contributed by atoms with Crippen molar-refractivity contribution in [3.63, 3.8) is 0 Å². The molecular weight excluding hydrogens is 300 g/mol. The van der Waals surface area contributed by atoms with Gasteiger partial charge in [0.2, 0.25) is 0 Å². The van der Waals surface area contributed by atoms with Gasteiger partial charge < -0.3 is 9.47 Å². The zero-order valence-corrected chi connectivity index (χ0v) is 15.3. The number of ether oxygens (including phenoxy) is 2. The van der Waals surface area contributed by atoms with Gasteiger partial charge in [0.05, 0.1) is 6.10 Å². The highest BCUT2D eigenvalue weighted by molar-refractivity contribution is 5.91. The monoisotopic (exact) mass is 332 g/mol. The lowest BCUT2D eigenvalue weighted by atomic mass is 9.47. The Morgan fingerprint density at radius 1 is 1.17 bits per heavy atom. The topological polar surface area (TPSA) is 35.5 Å². The molecule has 3 nitrogen and oxygen atoms in total. The Labute approximate surface area is 146 Å². The van der Waals surface area contributed by atoms with E-state index in [1.807, 2.05) is 6.08 Å². The maximum Gasteiger partial charge on any atom is 0.155 e. The summed E-state index contributed by atoms with van der Waals surface area (Å²) >= 11 is 0. The van der Waals surface area contributed by atoms with E-state index in [0.29, 0.717) is 30.0 Å². The van der Waals surface area contributed by atoms with Gasteiger partial charge in [-0.2, -0.15) is 0 Å². The van der Waals surface area contributed by atoms with Crippen LogP contribution in [-0.4, -0.2) is 25.8 Å². The minimum absolute atomic E-state index is 0.371. The Morgan fingerprint density at radius 3 is 2.88 bits per heavy atom. The molecule has 4 aliphatic rings. The first-order valence-electron chi connectivity index (χ1n) is 9.95. The van der Waals surface area contributed by atoms with Crippen molar-refractivity contribution >= 4 is 5.78 Å². The highest BCUT2D eigenvalue weighted by atomic mass is 16.7. The summed E-state index contributed by atoms with van der Waals surface area (Å²) < 4.78 is 11.0. The third-order valence-electron chi connectivity index (χ3n) is 7.90. The van der Waals surface area contributed by atoms with Crippen LogP contribution in [0.1, 0.15) is 64.7 Å². The minimum Gasteiger partial charge on any atom is -0.359 e. The number of carbonyl (C=O) groups is 1. The van der Waals surface area contributed by atoms with Gasteiger partial charge in [0.1, 0.15) is 6.79 Å². The molecule has 0 N–H and O–H groups in total. The van der Waals surface area contributed by atoms with Gasteiger partial charge >= 0.3 is 0 Å². The summed E-state index contributed by atoms with van der Waals surface area (Å²) in [5.41, 5.74) is 1.98. The van der Waals surface area contributed by atoms with E-state index in [9.17, 15) is 4.79 Å². The number of rotatable bonds is 3. The molecule has 0 aliphatic heterocycles. The molecule has 3 fully saturated rings. The van der Waals surface area contributed by atoms with Gasteiger partial charge in [-0.15, -0.1) is 0 Å². The van der Waals surface area contributed by atoms with Gasteiger partial charge in [-0.05, 0) is 86.5 Å². The second-order valence-corrected chi connectivity index (χ2v) is 8.89. The van der Waals surface area contributed by atoms with Gasteiger partial charge in [-0.3, -0.25) is 4.79 Å². The Kier molecular flexibility index (Phi) is 4.59. The van der Waals surface area contributed by atoms with E-state index in [0.717, 1.165) is 30.6 Å². The molecule has 0 aromatic carbocycles. The first-order chi connectivity index (χ1) is 11.6. The lowest BCUT2D eigenvalue weighted by molar-refractivity contribution is -0.137. The summed E-state index contributed by atoms with van der Waals surface area (Å²) in [6, 6.07) is 0. The van der Waals surface area contributed by atoms with Gasteiger partial charge in [0.25, 0.3) is 0 Å². The molecule has 4 rings (SSSR count). The number of hydrogen-bond donors (Lipinski definition) is 0. The summed E-state index contributed by atoms with van der Waals surface area (Å²) in [4.78, 5) is 11.8. The highest BCUT2D eigenvalue weighted by Crippen LogP contribution is 2.61. The lowest BCUT2D eigenvalue weighted by Crippen LogP contribution is -2.51. The largest absolute Gasteiger partial charge is 0.359 e. The fourth-order valence-electron chi connectivity index (χ4n) is 6.68. The molecule has 0 bridgehead atoms. The maximum atomic E-state index is 11.8. The molecule has 4 aliphatic carbocycles. The predicted molar refractivity (Wildman–Crippen MR) is 93.5 cm³/mol. The molecule has 0 spiro atoms. The smallest absolute Gasteiger partial charge is 0.155 e. The van der Waals surface area contributed by atoms with E-state index >= 15 is 0 Å². The Balaban J connectivity index is 1.50. The minimum atomic E-state index is 0.371. The molecule has 3 saturated carbocycles. The number of carbonyl (C=O) groups excluding carboxylic acids is 1. The van der Waals surface area contributed by atoms with Crippen molar-refractivity contribution in [1.82, 2.24) is 0 Å². The summed E-state index contributed by atoms with van der Waals surface area (Å²) in [6.45, 7) is 3.01. The predicted octanol–water partition coefficient (Wildman–Crippen LogP) is 4.51. The van der Waals surface area contributed by atoms with Gasteiger partial charge in [0.15, 0.2) is 5.78 Å². The second kappa shape index (κ2) is 6.57. The van der Waals surface area contributed by atoms with Crippen molar-refractivity contribution in [1.29, 1.82) is 0 Å². The van der Waals surface area contributed by atoms with Crippen LogP contribution in [0.25, 0.3) is 0 Å². The first kappa shape index (κ1) is 16.8. The van der Waals surface area contributed by atoms with Crippen LogP contribution in [0, 0.1) is 29.1 Å². The van der Waals surface area contributed by atoms with Crippen LogP contribution in [0.2, 0.25) is 0 Å². The van der Waals surface area contributed by atoms with E-state index in [1.54, 1.807) is 7.11 Å². The van der Waals surface area contributed by atoms with Crippen LogP contribution in [-0.2, 0) is 14.3 Å². The van der Waals surface area contributed by atoms with Crippen LogP contribution >= 0.6 is 0 Å². The van der Waals surface area contributed by atoms with Crippen LogP contribution < -0.4 is 0 Å². The maximum absolute atomic E-state index is 11.8. The lowest BCUT2D eigenvalue weighted by Gasteiger charge is -2.59. The van der Waals surface area contributed by atoms with E-state index < -0.39 is 0 Å². The number of allylic oxidation sites excluding steroid dienone is 2. The van der Waals surface area contributed by atoms with Crippen molar-refractivity contribution in [2.24, 2.45) is 29.1 Å². The summed E-state index contributed by atoms with van der Waals surface area (Å²) in [7, 11) is 1.71. The first-order valence-corrected chi connectivity index (χ1v) is 9.95. The standard InChI is InChI=1S/C21H32O3/c1-21-10-9-17(24-13-23-2)12-15(21)4-6-19-18-7-5-16(22)11-14(18)3-8-20(19)21/h11,15,17-20H,3-10,12-13H2,1-2H3/t15?,17?,18?,19-,20-,21-/m1/s1. The molecule has 0 radical (unpaired) electrons. The Morgan fingerprint density at radius 2 is 2.04 bits per heavy atom. The molecule has 3 unspecified atom stereocenters. The molecule has 134 valence electrons. The van der Waals surface area contributed by atoms with Crippen molar-refractivity contribution in [3.05, 3.63) is 11.6 Å². The van der Waals surface area contributed by atoms with Crippen molar-refractivity contribution < 1.29 is 14.3 Å². The molecule has 3 heteroatoms. The molecule has 0 saturated heterocycles. The summed E-state index contributed by atoms with van der Waals surface area (Å²) in [5, 5.41) is 0. The molecule has 0 aromatic rings. The van der Waals surface area contributed by atoms with Crippen molar-refractivity contribution in [2.75, 3.05) is 13.9 Å². The summed E-state index contributed by atoms with van der Waals surface area (Å²) in [5.74, 6) is 3.58. The zero-order valence-electron chi connectivity index (χ0n) is 15.3. The van der Waals surface area contributed by atoms with Crippen LogP contribution in [0.15, 0.2) is 11.6 Å². The Hall–Kier alpha value is -0.670. The number of ketones is 1. The third kappa shape index (κ3) is 2.78. The quantitative estimate of drug-likeness (QED) is 0.714. The fourth-order valence-corrected chi connectivity index (χ4v) is 6.68. The molecular formula is C21H32O3. The van der Waals surface area contributed by atoms with E-state index in [-0.39, 0.29) is 0 Å². The van der Waals surface area contributed by atoms with E-state index in [4.69, 9.17) is 9.47 Å². The van der Waals surface area contributed by atoms with Gasteiger partial charge in [0, 0.05) is 13.5 Å². The molecule has 24 heavy (non-hydrogen) atoms. The SMILES string of the molecule is COCOC1CC[C@]2(C)C(CC[C@@H]3C4CCC(=O)C=C4CC[C@H]32)C1. The number of hydrogen-bond acceptors (Lipinski definition) is 3. The average Bonchev–Trinajstić information content (AvgIpc) is 2.59. The van der Waals surface area contributed by atoms with Gasteiger partial charge in [-0.25, -0.2) is 0 Å². The number of fused-ring (bicyclic) bond motifs is 5. The zero-order chi connectivity index (χ0) is 16.7. The van der Waals surface area contributed by atoms with Crippen molar-refractivity contribution in [3.8, 4) is 0 Å². The van der Waals surface area contributed by atoms with Crippen LogP contribution in [0.4, 0.5) is 0 Å². The fraction of sp³-hybridized carbons (Fsp3) is 0.857. The molecule has 0 amide bonds. The van der Waals surface area contributed by atoms with Crippen LogP contribution in [0.5, 0.6) is 0 Å². The average molecular weight is 332 g/mol. The molecule has 6 atom stereocenters. The second-order valence-electron chi connectivity index (χ2n) is 8.89. The third-order valence-corrected chi connectivity index (χ3v) is 7.90. The molecule has 0 aromatic heterocycles.